The van der Waals surface area contributed by atoms with Gasteiger partial charge in [0.05, 0.1) is 9.83 Å². The molecule has 0 aliphatic carbocycles. The quantitative estimate of drug-likeness (QED) is 0.249. The van der Waals surface area contributed by atoms with Crippen LogP contribution in [-0.2, 0) is 4.79 Å². The van der Waals surface area contributed by atoms with E-state index >= 15 is 0 Å². The van der Waals surface area contributed by atoms with Crippen LogP contribution in [0.1, 0.15) is 5.56 Å². The highest BCUT2D eigenvalue weighted by Crippen LogP contribution is 2.26. The lowest BCUT2D eigenvalue weighted by Crippen LogP contribution is -2.17. The van der Waals surface area contributed by atoms with Crippen LogP contribution in [0.2, 0.25) is 0 Å². The lowest BCUT2D eigenvalue weighted by molar-refractivity contribution is -0.384. The van der Waals surface area contributed by atoms with Crippen molar-refractivity contribution in [2.45, 2.75) is 0 Å². The molecule has 3 rings (SSSR count). The van der Waals surface area contributed by atoms with Gasteiger partial charge in [-0.05, 0) is 35.9 Å². The minimum atomic E-state index is -0.462. The van der Waals surface area contributed by atoms with Crippen molar-refractivity contribution in [3.8, 4) is 11.5 Å². The monoisotopic (exact) mass is 402 g/mol. The topological polar surface area (TPSA) is 90.7 Å². The molecule has 0 unspecified atom stereocenters. The maximum absolute atomic E-state index is 11.7. The molecule has 9 heteroatoms. The highest BCUT2D eigenvalue weighted by molar-refractivity contribution is 8.26. The maximum atomic E-state index is 11.7. The van der Waals surface area contributed by atoms with Crippen LogP contribution in [0.25, 0.3) is 6.08 Å². The molecule has 1 N–H and O–H groups in total. The predicted molar refractivity (Wildman–Crippen MR) is 107 cm³/mol. The molecule has 0 bridgehead atoms. The van der Waals surface area contributed by atoms with Gasteiger partial charge in [-0.25, -0.2) is 0 Å². The van der Waals surface area contributed by atoms with Crippen molar-refractivity contribution in [3.05, 3.63) is 69.1 Å². The first kappa shape index (κ1) is 18.9. The maximum Gasteiger partial charge on any atom is 0.269 e. The molecular formula is C18H14N2O5S2. The van der Waals surface area contributed by atoms with Crippen molar-refractivity contribution in [2.75, 3.05) is 13.2 Å². The summed E-state index contributed by atoms with van der Waals surface area (Å²) in [5, 5.41) is 13.2. The summed E-state index contributed by atoms with van der Waals surface area (Å²) in [6.45, 7) is 0.589. The molecule has 0 atom stereocenters. The van der Waals surface area contributed by atoms with E-state index < -0.39 is 4.92 Å². The Kier molecular flexibility index (Phi) is 6.05. The molecular weight excluding hydrogens is 388 g/mol. The van der Waals surface area contributed by atoms with E-state index in [-0.39, 0.29) is 18.2 Å². The van der Waals surface area contributed by atoms with E-state index in [1.807, 2.05) is 18.2 Å². The van der Waals surface area contributed by atoms with Gasteiger partial charge in [0.15, 0.2) is 0 Å². The second-order valence-corrected chi connectivity index (χ2v) is 7.09. The van der Waals surface area contributed by atoms with E-state index in [1.54, 1.807) is 24.3 Å². The molecule has 1 fully saturated rings. The van der Waals surface area contributed by atoms with Crippen LogP contribution < -0.4 is 14.8 Å². The third kappa shape index (κ3) is 5.28. The fraction of sp³-hybridized carbons (Fsp3) is 0.111. The zero-order valence-corrected chi connectivity index (χ0v) is 15.5. The molecule has 7 nitrogen and oxygen atoms in total. The molecule has 2 aromatic rings. The van der Waals surface area contributed by atoms with E-state index in [1.165, 1.54) is 23.9 Å². The van der Waals surface area contributed by atoms with Crippen LogP contribution >= 0.6 is 24.0 Å². The number of hydrogen-bond acceptors (Lipinski definition) is 7. The van der Waals surface area contributed by atoms with Crippen molar-refractivity contribution in [3.63, 3.8) is 0 Å². The Morgan fingerprint density at radius 3 is 2.44 bits per heavy atom. The highest BCUT2D eigenvalue weighted by atomic mass is 32.2. The van der Waals surface area contributed by atoms with E-state index in [0.29, 0.717) is 27.3 Å². The van der Waals surface area contributed by atoms with Gasteiger partial charge in [-0.1, -0.05) is 36.1 Å². The number of thioether (sulfide) groups is 1. The normalized spacial score (nSPS) is 14.9. The first-order valence-electron chi connectivity index (χ1n) is 7.86. The van der Waals surface area contributed by atoms with Crippen molar-refractivity contribution < 1.29 is 19.2 Å². The third-order valence-electron chi connectivity index (χ3n) is 3.47. The molecule has 1 aliphatic heterocycles. The van der Waals surface area contributed by atoms with Crippen LogP contribution in [0, 0.1) is 10.1 Å². The number of non-ortho nitro benzene ring substituents is 1. The van der Waals surface area contributed by atoms with Gasteiger partial charge in [-0.3, -0.25) is 14.9 Å². The summed E-state index contributed by atoms with van der Waals surface area (Å²) in [5.41, 5.74) is 0.838. The molecule has 0 saturated carbocycles. The van der Waals surface area contributed by atoms with E-state index in [0.717, 1.165) is 5.56 Å². The zero-order chi connectivity index (χ0) is 19.2. The summed E-state index contributed by atoms with van der Waals surface area (Å²) < 4.78 is 11.6. The Balaban J connectivity index is 1.51. The number of benzene rings is 2. The third-order valence-corrected chi connectivity index (χ3v) is 4.63. The lowest BCUT2D eigenvalue weighted by Gasteiger charge is -2.09. The van der Waals surface area contributed by atoms with Gasteiger partial charge in [0.25, 0.3) is 11.6 Å². The molecule has 1 heterocycles. The summed E-state index contributed by atoms with van der Waals surface area (Å²) in [4.78, 5) is 22.4. The molecule has 0 radical (unpaired) electrons. The molecule has 2 aromatic carbocycles. The predicted octanol–water partition coefficient (Wildman–Crippen LogP) is 3.54. The molecule has 138 valence electrons. The number of nitro groups is 1. The summed E-state index contributed by atoms with van der Waals surface area (Å²) in [7, 11) is 0. The fourth-order valence-electron chi connectivity index (χ4n) is 2.25. The standard InChI is InChI=1S/C18H14N2O5S2/c21-17-16(27-18(26)19-17)11-12-2-1-3-15(10-12)25-9-8-24-14-6-4-13(5-7-14)20(22)23/h1-7,10-11H,8-9H2,(H,19,21,26)/b16-11-. The molecule has 1 saturated heterocycles. The van der Waals surface area contributed by atoms with Crippen LogP contribution in [0.3, 0.4) is 0 Å². The Morgan fingerprint density at radius 1 is 1.11 bits per heavy atom. The summed E-state index contributed by atoms with van der Waals surface area (Å²) in [6.07, 6.45) is 1.75. The number of amides is 1. The van der Waals surface area contributed by atoms with Crippen LogP contribution in [0.5, 0.6) is 11.5 Å². The van der Waals surface area contributed by atoms with Gasteiger partial charge < -0.3 is 14.8 Å². The number of carbonyl (C=O) groups excluding carboxylic acids is 1. The molecule has 0 aromatic heterocycles. The summed E-state index contributed by atoms with van der Waals surface area (Å²) in [5.74, 6) is 0.971. The van der Waals surface area contributed by atoms with Crippen molar-refractivity contribution >= 4 is 46.0 Å². The average Bonchev–Trinajstić information content (AvgIpc) is 2.96. The highest BCUT2D eigenvalue weighted by Gasteiger charge is 2.21. The van der Waals surface area contributed by atoms with Crippen LogP contribution in [-0.4, -0.2) is 28.4 Å². The number of hydrogen-bond donors (Lipinski definition) is 1. The van der Waals surface area contributed by atoms with Crippen molar-refractivity contribution in [1.82, 2.24) is 5.32 Å². The van der Waals surface area contributed by atoms with Gasteiger partial charge in [0.1, 0.15) is 29.0 Å². The van der Waals surface area contributed by atoms with Crippen molar-refractivity contribution in [2.24, 2.45) is 0 Å². The number of rotatable bonds is 7. The summed E-state index contributed by atoms with van der Waals surface area (Å²) in [6, 6.07) is 13.2. The molecule has 1 aliphatic rings. The fourth-order valence-corrected chi connectivity index (χ4v) is 3.29. The number of nitrogens with one attached hydrogen (secondary N) is 1. The van der Waals surface area contributed by atoms with E-state index in [9.17, 15) is 14.9 Å². The van der Waals surface area contributed by atoms with Crippen molar-refractivity contribution in [1.29, 1.82) is 0 Å². The minimum absolute atomic E-state index is 0.0133. The number of carbonyl (C=O) groups is 1. The second kappa shape index (κ2) is 8.65. The van der Waals surface area contributed by atoms with Crippen LogP contribution in [0.4, 0.5) is 5.69 Å². The van der Waals surface area contributed by atoms with Gasteiger partial charge in [-0.2, -0.15) is 0 Å². The number of nitro benzene ring substituents is 1. The largest absolute Gasteiger partial charge is 0.490 e. The molecule has 0 spiro atoms. The minimum Gasteiger partial charge on any atom is -0.490 e. The first-order chi connectivity index (χ1) is 13.0. The Bertz CT molecular complexity index is 912. The number of nitrogens with zero attached hydrogens (tertiary/aromatic N) is 1. The Hall–Kier alpha value is -2.91. The van der Waals surface area contributed by atoms with E-state index in [4.69, 9.17) is 21.7 Å². The van der Waals surface area contributed by atoms with Crippen LogP contribution in [0.15, 0.2) is 53.4 Å². The first-order valence-corrected chi connectivity index (χ1v) is 9.09. The van der Waals surface area contributed by atoms with Gasteiger partial charge in [0, 0.05) is 12.1 Å². The van der Waals surface area contributed by atoms with Gasteiger partial charge in [0.2, 0.25) is 0 Å². The summed E-state index contributed by atoms with van der Waals surface area (Å²) >= 11 is 6.19. The van der Waals surface area contributed by atoms with E-state index in [2.05, 4.69) is 5.32 Å². The average molecular weight is 402 g/mol. The molecule has 1 amide bonds. The SMILES string of the molecule is O=C1NC(=S)S/C1=C\c1cccc(OCCOc2ccc([N+](=O)[O-])cc2)c1. The Labute approximate surface area is 164 Å². The van der Waals surface area contributed by atoms with Gasteiger partial charge >= 0.3 is 0 Å². The number of ether oxygens (including phenoxy) is 2. The van der Waals surface area contributed by atoms with Gasteiger partial charge in [-0.15, -0.1) is 0 Å². The second-order valence-electron chi connectivity index (χ2n) is 5.37. The number of thiocarbonyl (C=S) groups is 1. The zero-order valence-electron chi connectivity index (χ0n) is 13.9. The lowest BCUT2D eigenvalue weighted by atomic mass is 10.2. The molecule has 27 heavy (non-hydrogen) atoms. The smallest absolute Gasteiger partial charge is 0.269 e. The Morgan fingerprint density at radius 2 is 1.81 bits per heavy atom.